The van der Waals surface area contributed by atoms with Crippen LogP contribution >= 0.6 is 0 Å². The van der Waals surface area contributed by atoms with Crippen LogP contribution in [0.5, 0.6) is 5.75 Å². The predicted octanol–water partition coefficient (Wildman–Crippen LogP) is 1.79. The molecule has 1 saturated carbocycles. The van der Waals surface area contributed by atoms with Gasteiger partial charge >= 0.3 is 6.03 Å². The summed E-state index contributed by atoms with van der Waals surface area (Å²) < 4.78 is 11.1. The number of fused-ring (bicyclic) bond motifs is 1. The molecule has 1 aromatic carbocycles. The average molecular weight is 359 g/mol. The maximum atomic E-state index is 12.6. The van der Waals surface area contributed by atoms with Gasteiger partial charge in [0.2, 0.25) is 0 Å². The fourth-order valence-electron chi connectivity index (χ4n) is 3.83. The zero-order valence-electron chi connectivity index (χ0n) is 15.2. The van der Waals surface area contributed by atoms with Crippen LogP contribution < -0.4 is 10.1 Å². The van der Waals surface area contributed by atoms with Crippen molar-refractivity contribution < 1.29 is 19.1 Å². The first-order valence-corrected chi connectivity index (χ1v) is 9.15. The standard InChI is InChI=1S/C19H25N3O4/c1-21-16-10-22(19(24)20-13-5-7-14(25-2)8-6-13)9-15(16)17(18(21)23)26-11-12-3-4-12/h5-8,12,15-17H,3-4,9-11H2,1-2H3,(H,20,24)/t15-,16+,17-/m0/s1. The molecule has 1 aliphatic carbocycles. The van der Waals surface area contributed by atoms with Crippen LogP contribution in [0.3, 0.4) is 0 Å². The third-order valence-electron chi connectivity index (χ3n) is 5.65. The molecule has 2 heterocycles. The van der Waals surface area contributed by atoms with Crippen molar-refractivity contribution >= 4 is 17.6 Å². The number of benzene rings is 1. The van der Waals surface area contributed by atoms with Crippen molar-refractivity contribution in [3.63, 3.8) is 0 Å². The lowest BCUT2D eigenvalue weighted by Crippen LogP contribution is -2.40. The lowest BCUT2D eigenvalue weighted by Gasteiger charge is -2.22. The summed E-state index contributed by atoms with van der Waals surface area (Å²) in [4.78, 5) is 28.6. The third-order valence-corrected chi connectivity index (χ3v) is 5.65. The highest BCUT2D eigenvalue weighted by Gasteiger charge is 2.53. The summed E-state index contributed by atoms with van der Waals surface area (Å²) >= 11 is 0. The Balaban J connectivity index is 1.38. The molecule has 1 N–H and O–H groups in total. The number of carbonyl (C=O) groups is 2. The number of likely N-dealkylation sites (tertiary alicyclic amines) is 2. The minimum atomic E-state index is -0.413. The van der Waals surface area contributed by atoms with E-state index in [9.17, 15) is 9.59 Å². The molecule has 0 unspecified atom stereocenters. The van der Waals surface area contributed by atoms with Crippen LogP contribution in [0.25, 0.3) is 0 Å². The topological polar surface area (TPSA) is 71.1 Å². The number of anilines is 1. The number of methoxy groups -OCH3 is 1. The Hall–Kier alpha value is -2.28. The molecule has 0 radical (unpaired) electrons. The van der Waals surface area contributed by atoms with Gasteiger partial charge in [-0.1, -0.05) is 0 Å². The van der Waals surface area contributed by atoms with Gasteiger partial charge in [-0.2, -0.15) is 0 Å². The number of hydrogen-bond donors (Lipinski definition) is 1. The molecule has 3 fully saturated rings. The largest absolute Gasteiger partial charge is 0.497 e. The Morgan fingerprint density at radius 3 is 2.62 bits per heavy atom. The van der Waals surface area contributed by atoms with Crippen LogP contribution in [0.1, 0.15) is 12.8 Å². The second-order valence-electron chi connectivity index (χ2n) is 7.44. The van der Waals surface area contributed by atoms with Gasteiger partial charge in [0.05, 0.1) is 19.8 Å². The van der Waals surface area contributed by atoms with Crippen LogP contribution in [-0.4, -0.2) is 67.7 Å². The molecule has 26 heavy (non-hydrogen) atoms. The van der Waals surface area contributed by atoms with Crippen LogP contribution in [0.2, 0.25) is 0 Å². The highest BCUT2D eigenvalue weighted by atomic mass is 16.5. The molecule has 3 aliphatic rings. The molecule has 7 heteroatoms. The van der Waals surface area contributed by atoms with Gasteiger partial charge in [-0.15, -0.1) is 0 Å². The summed E-state index contributed by atoms with van der Waals surface area (Å²) in [7, 11) is 3.42. The van der Waals surface area contributed by atoms with Gasteiger partial charge in [-0.3, -0.25) is 4.79 Å². The van der Waals surface area contributed by atoms with Crippen molar-refractivity contribution in [2.24, 2.45) is 11.8 Å². The molecule has 0 aromatic heterocycles. The van der Waals surface area contributed by atoms with Gasteiger partial charge in [0.1, 0.15) is 11.9 Å². The Morgan fingerprint density at radius 1 is 1.23 bits per heavy atom. The molecule has 2 saturated heterocycles. The van der Waals surface area contributed by atoms with Gasteiger partial charge in [0.25, 0.3) is 5.91 Å². The summed E-state index contributed by atoms with van der Waals surface area (Å²) in [5.41, 5.74) is 0.721. The quantitative estimate of drug-likeness (QED) is 0.870. The van der Waals surface area contributed by atoms with Crippen molar-refractivity contribution in [2.75, 3.05) is 39.2 Å². The minimum absolute atomic E-state index is 0.0355. The first-order valence-electron chi connectivity index (χ1n) is 9.15. The molecule has 3 amide bonds. The summed E-state index contributed by atoms with van der Waals surface area (Å²) in [6.07, 6.45) is 1.98. The third kappa shape index (κ3) is 3.23. The SMILES string of the molecule is COc1ccc(NC(=O)N2C[C@@H]3[C@H](OCC4CC4)C(=O)N(C)[C@@H]3C2)cc1. The van der Waals surface area contributed by atoms with Gasteiger partial charge in [-0.05, 0) is 43.0 Å². The van der Waals surface area contributed by atoms with E-state index in [1.165, 1.54) is 12.8 Å². The van der Waals surface area contributed by atoms with Gasteiger partial charge < -0.3 is 24.6 Å². The van der Waals surface area contributed by atoms with Crippen LogP contribution in [-0.2, 0) is 9.53 Å². The summed E-state index contributed by atoms with van der Waals surface area (Å²) in [5.74, 6) is 1.46. The number of rotatable bonds is 5. The monoisotopic (exact) mass is 359 g/mol. The Morgan fingerprint density at radius 2 is 1.96 bits per heavy atom. The number of nitrogens with one attached hydrogen (secondary N) is 1. The molecule has 0 spiro atoms. The Labute approximate surface area is 153 Å². The minimum Gasteiger partial charge on any atom is -0.497 e. The highest BCUT2D eigenvalue weighted by molar-refractivity contribution is 5.90. The Bertz CT molecular complexity index is 689. The van der Waals surface area contributed by atoms with E-state index >= 15 is 0 Å². The van der Waals surface area contributed by atoms with E-state index in [1.54, 1.807) is 16.9 Å². The highest BCUT2D eigenvalue weighted by Crippen LogP contribution is 2.36. The van der Waals surface area contributed by atoms with Crippen molar-refractivity contribution in [3.8, 4) is 5.75 Å². The van der Waals surface area contributed by atoms with Gasteiger partial charge in [0.15, 0.2) is 0 Å². The smallest absolute Gasteiger partial charge is 0.321 e. The maximum Gasteiger partial charge on any atom is 0.321 e. The summed E-state index contributed by atoms with van der Waals surface area (Å²) in [6, 6.07) is 7.13. The van der Waals surface area contributed by atoms with Crippen molar-refractivity contribution in [1.29, 1.82) is 0 Å². The van der Waals surface area contributed by atoms with Crippen molar-refractivity contribution in [1.82, 2.24) is 9.80 Å². The molecule has 0 bridgehead atoms. The average Bonchev–Trinajstić information content (AvgIpc) is 3.33. The summed E-state index contributed by atoms with van der Waals surface area (Å²) in [6.45, 7) is 1.74. The van der Waals surface area contributed by atoms with Crippen LogP contribution in [0.4, 0.5) is 10.5 Å². The molecular formula is C19H25N3O4. The second-order valence-corrected chi connectivity index (χ2v) is 7.44. The van der Waals surface area contributed by atoms with Gasteiger partial charge in [0, 0.05) is 31.7 Å². The van der Waals surface area contributed by atoms with E-state index in [2.05, 4.69) is 5.32 Å². The van der Waals surface area contributed by atoms with Crippen molar-refractivity contribution in [2.45, 2.75) is 25.0 Å². The zero-order chi connectivity index (χ0) is 18.3. The van der Waals surface area contributed by atoms with E-state index in [0.29, 0.717) is 25.6 Å². The van der Waals surface area contributed by atoms with E-state index < -0.39 is 6.10 Å². The lowest BCUT2D eigenvalue weighted by molar-refractivity contribution is -0.138. The molecule has 2 aliphatic heterocycles. The first-order chi connectivity index (χ1) is 12.6. The lowest BCUT2D eigenvalue weighted by atomic mass is 10.0. The van der Waals surface area contributed by atoms with Crippen LogP contribution in [0, 0.1) is 11.8 Å². The van der Waals surface area contributed by atoms with E-state index in [4.69, 9.17) is 9.47 Å². The number of ether oxygens (including phenoxy) is 2. The van der Waals surface area contributed by atoms with Gasteiger partial charge in [-0.25, -0.2) is 4.79 Å². The normalized spacial score (nSPS) is 27.6. The van der Waals surface area contributed by atoms with E-state index in [-0.39, 0.29) is 23.9 Å². The molecule has 7 nitrogen and oxygen atoms in total. The van der Waals surface area contributed by atoms with E-state index in [1.807, 2.05) is 31.3 Å². The number of nitrogens with zero attached hydrogens (tertiary/aromatic N) is 2. The number of hydrogen-bond acceptors (Lipinski definition) is 4. The number of amides is 3. The molecule has 4 rings (SSSR count). The number of carbonyl (C=O) groups excluding carboxylic acids is 2. The Kier molecular flexibility index (Phi) is 4.48. The number of urea groups is 1. The fraction of sp³-hybridized carbons (Fsp3) is 0.579. The zero-order valence-corrected chi connectivity index (χ0v) is 15.2. The number of likely N-dealkylation sites (N-methyl/N-ethyl adjacent to an activating group) is 1. The predicted molar refractivity (Wildman–Crippen MR) is 96.1 cm³/mol. The molecule has 1 aromatic rings. The molecular weight excluding hydrogens is 334 g/mol. The maximum absolute atomic E-state index is 12.6. The molecule has 140 valence electrons. The van der Waals surface area contributed by atoms with E-state index in [0.717, 1.165) is 11.4 Å². The first kappa shape index (κ1) is 17.1. The van der Waals surface area contributed by atoms with Crippen molar-refractivity contribution in [3.05, 3.63) is 24.3 Å². The van der Waals surface area contributed by atoms with Crippen LogP contribution in [0.15, 0.2) is 24.3 Å². The summed E-state index contributed by atoms with van der Waals surface area (Å²) in [5, 5.41) is 2.91. The fourth-order valence-corrected chi connectivity index (χ4v) is 3.83. The second kappa shape index (κ2) is 6.79. The molecule has 3 atom stereocenters.